The van der Waals surface area contributed by atoms with E-state index in [0.29, 0.717) is 40.3 Å². The summed E-state index contributed by atoms with van der Waals surface area (Å²) in [5, 5.41) is 3.99. The summed E-state index contributed by atoms with van der Waals surface area (Å²) >= 11 is 6.08. The zero-order valence-corrected chi connectivity index (χ0v) is 15.9. The molecule has 0 unspecified atom stereocenters. The average molecular weight is 386 g/mol. The molecule has 3 rings (SSSR count). The Kier molecular flexibility index (Phi) is 5.76. The molecule has 0 bridgehead atoms. The summed E-state index contributed by atoms with van der Waals surface area (Å²) < 4.78 is 6.79. The zero-order chi connectivity index (χ0) is 19.4. The lowest BCUT2D eigenvalue weighted by Gasteiger charge is -2.12. The molecule has 0 radical (unpaired) electrons. The van der Waals surface area contributed by atoms with Crippen LogP contribution in [0.5, 0.6) is 5.75 Å². The van der Waals surface area contributed by atoms with Crippen molar-refractivity contribution in [3.8, 4) is 5.75 Å². The van der Waals surface area contributed by atoms with Crippen molar-refractivity contribution in [3.05, 3.63) is 63.7 Å². The lowest BCUT2D eigenvalue weighted by atomic mass is 10.2. The molecule has 7 heteroatoms. The van der Waals surface area contributed by atoms with Gasteiger partial charge < -0.3 is 10.1 Å². The van der Waals surface area contributed by atoms with Gasteiger partial charge in [-0.15, -0.1) is 0 Å². The molecule has 0 aliphatic carbocycles. The molecule has 0 saturated carbocycles. The highest BCUT2D eigenvalue weighted by Crippen LogP contribution is 2.31. The van der Waals surface area contributed by atoms with Gasteiger partial charge in [0.05, 0.1) is 30.0 Å². The number of nitrogens with zero attached hydrogens (tertiary/aromatic N) is 2. The Bertz CT molecular complexity index is 1050. The van der Waals surface area contributed by atoms with Crippen molar-refractivity contribution in [2.45, 2.75) is 26.3 Å². The Morgan fingerprint density at radius 2 is 2.07 bits per heavy atom. The number of aryl methyl sites for hydroxylation is 2. The van der Waals surface area contributed by atoms with Crippen molar-refractivity contribution in [2.75, 3.05) is 12.4 Å². The number of anilines is 1. The Balaban J connectivity index is 1.63. The number of carbonyl (C=O) groups is 1. The fourth-order valence-electron chi connectivity index (χ4n) is 2.82. The third-order valence-corrected chi connectivity index (χ3v) is 4.70. The smallest absolute Gasteiger partial charge is 0.261 e. The second kappa shape index (κ2) is 8.22. The largest absolute Gasteiger partial charge is 0.495 e. The van der Waals surface area contributed by atoms with Crippen LogP contribution in [-0.4, -0.2) is 22.6 Å². The number of nitrogens with one attached hydrogen (secondary N) is 1. The molecule has 2 aromatic carbocycles. The molecular formula is C20H20ClN3O3. The molecule has 0 spiro atoms. The summed E-state index contributed by atoms with van der Waals surface area (Å²) in [4.78, 5) is 29.0. The van der Waals surface area contributed by atoms with E-state index in [1.165, 1.54) is 18.0 Å². The number of hydrogen-bond acceptors (Lipinski definition) is 4. The number of rotatable bonds is 6. The first-order valence-electron chi connectivity index (χ1n) is 8.58. The second-order valence-corrected chi connectivity index (χ2v) is 6.62. The van der Waals surface area contributed by atoms with Gasteiger partial charge in [-0.2, -0.15) is 0 Å². The normalized spacial score (nSPS) is 10.8. The minimum atomic E-state index is -0.156. The molecule has 1 N–H and O–H groups in total. The highest BCUT2D eigenvalue weighted by atomic mass is 35.5. The first kappa shape index (κ1) is 18.9. The van der Waals surface area contributed by atoms with Crippen molar-refractivity contribution < 1.29 is 9.53 Å². The van der Waals surface area contributed by atoms with Gasteiger partial charge in [0.1, 0.15) is 5.75 Å². The lowest BCUT2D eigenvalue weighted by molar-refractivity contribution is -0.116. The summed E-state index contributed by atoms with van der Waals surface area (Å²) in [5.74, 6) is 0.353. The predicted octanol–water partition coefficient (Wildman–Crippen LogP) is 3.79. The monoisotopic (exact) mass is 385 g/mol. The Morgan fingerprint density at radius 3 is 2.85 bits per heavy atom. The van der Waals surface area contributed by atoms with E-state index in [0.717, 1.165) is 5.56 Å². The summed E-state index contributed by atoms with van der Waals surface area (Å²) in [6.45, 7) is 2.28. The number of halogens is 1. The van der Waals surface area contributed by atoms with Crippen LogP contribution in [-0.2, 0) is 11.3 Å². The van der Waals surface area contributed by atoms with Crippen LogP contribution in [0.25, 0.3) is 10.9 Å². The van der Waals surface area contributed by atoms with Gasteiger partial charge in [-0.25, -0.2) is 4.98 Å². The van der Waals surface area contributed by atoms with Gasteiger partial charge >= 0.3 is 0 Å². The lowest BCUT2D eigenvalue weighted by Crippen LogP contribution is -2.21. The molecule has 0 aliphatic heterocycles. The van der Waals surface area contributed by atoms with Gasteiger partial charge in [-0.1, -0.05) is 23.7 Å². The van der Waals surface area contributed by atoms with Crippen LogP contribution in [0, 0.1) is 6.92 Å². The first-order chi connectivity index (χ1) is 13.0. The van der Waals surface area contributed by atoms with Gasteiger partial charge in [0, 0.05) is 24.1 Å². The summed E-state index contributed by atoms with van der Waals surface area (Å²) in [6.07, 6.45) is 2.30. The first-order valence-corrected chi connectivity index (χ1v) is 8.95. The van der Waals surface area contributed by atoms with Crippen LogP contribution >= 0.6 is 11.6 Å². The molecule has 27 heavy (non-hydrogen) atoms. The maximum atomic E-state index is 12.4. The van der Waals surface area contributed by atoms with Crippen LogP contribution in [0.15, 0.2) is 47.5 Å². The number of para-hydroxylation sites is 1. The van der Waals surface area contributed by atoms with E-state index in [-0.39, 0.29) is 17.9 Å². The summed E-state index contributed by atoms with van der Waals surface area (Å²) in [7, 11) is 1.52. The number of methoxy groups -OCH3 is 1. The van der Waals surface area contributed by atoms with Crippen molar-refractivity contribution in [3.63, 3.8) is 0 Å². The van der Waals surface area contributed by atoms with E-state index in [1.54, 1.807) is 24.3 Å². The number of carbonyl (C=O) groups excluding carboxylic acids is 1. The summed E-state index contributed by atoms with van der Waals surface area (Å²) in [6, 6.07) is 10.7. The molecule has 0 aliphatic rings. The fourth-order valence-corrected chi connectivity index (χ4v) is 2.97. The highest BCUT2D eigenvalue weighted by molar-refractivity contribution is 6.31. The number of aromatic nitrogens is 2. The standard InChI is InChI=1S/C20H20ClN3O3/c1-13-10-17(18(27-2)11-15(13)21)23-19(25)8-5-9-24-12-22-16-7-4-3-6-14(16)20(24)26/h3-4,6-7,10-12H,5,8-9H2,1-2H3,(H,23,25). The molecule has 6 nitrogen and oxygen atoms in total. The van der Waals surface area contributed by atoms with Crippen molar-refractivity contribution in [1.82, 2.24) is 9.55 Å². The van der Waals surface area contributed by atoms with E-state index in [2.05, 4.69) is 10.3 Å². The Hall–Kier alpha value is -2.86. The third-order valence-electron chi connectivity index (χ3n) is 4.29. The van der Waals surface area contributed by atoms with Crippen LogP contribution < -0.4 is 15.6 Å². The number of benzene rings is 2. The molecule has 0 saturated heterocycles. The number of amides is 1. The van der Waals surface area contributed by atoms with E-state index >= 15 is 0 Å². The molecule has 1 amide bonds. The van der Waals surface area contributed by atoms with Crippen LogP contribution in [0.1, 0.15) is 18.4 Å². The third kappa shape index (κ3) is 4.28. The van der Waals surface area contributed by atoms with E-state index in [9.17, 15) is 9.59 Å². The van der Waals surface area contributed by atoms with Crippen molar-refractivity contribution >= 4 is 34.1 Å². The molecular weight excluding hydrogens is 366 g/mol. The Labute approximate surface area is 161 Å². The number of hydrogen-bond donors (Lipinski definition) is 1. The number of ether oxygens (including phenoxy) is 1. The molecule has 1 aromatic heterocycles. The van der Waals surface area contributed by atoms with Crippen LogP contribution in [0.4, 0.5) is 5.69 Å². The molecule has 140 valence electrons. The number of fused-ring (bicyclic) bond motifs is 1. The molecule has 1 heterocycles. The fraction of sp³-hybridized carbons (Fsp3) is 0.250. The second-order valence-electron chi connectivity index (χ2n) is 6.21. The average Bonchev–Trinajstić information content (AvgIpc) is 2.66. The predicted molar refractivity (Wildman–Crippen MR) is 107 cm³/mol. The minimum absolute atomic E-state index is 0.101. The Morgan fingerprint density at radius 1 is 1.30 bits per heavy atom. The quantitative estimate of drug-likeness (QED) is 0.700. The van der Waals surface area contributed by atoms with Gasteiger partial charge in [0.15, 0.2) is 0 Å². The van der Waals surface area contributed by atoms with Gasteiger partial charge in [-0.05, 0) is 37.1 Å². The van der Waals surface area contributed by atoms with Crippen molar-refractivity contribution in [1.29, 1.82) is 0 Å². The maximum Gasteiger partial charge on any atom is 0.261 e. The zero-order valence-electron chi connectivity index (χ0n) is 15.2. The molecule has 0 fully saturated rings. The van der Waals surface area contributed by atoms with E-state index in [1.807, 2.05) is 19.1 Å². The topological polar surface area (TPSA) is 73.2 Å². The molecule has 3 aromatic rings. The maximum absolute atomic E-state index is 12.4. The van der Waals surface area contributed by atoms with Crippen LogP contribution in [0.2, 0.25) is 5.02 Å². The van der Waals surface area contributed by atoms with Crippen molar-refractivity contribution in [2.24, 2.45) is 0 Å². The van der Waals surface area contributed by atoms with Gasteiger partial charge in [0.2, 0.25) is 5.91 Å². The SMILES string of the molecule is COc1cc(Cl)c(C)cc1NC(=O)CCCn1cnc2ccccc2c1=O. The van der Waals surface area contributed by atoms with Gasteiger partial charge in [-0.3, -0.25) is 14.2 Å². The van der Waals surface area contributed by atoms with Gasteiger partial charge in [0.25, 0.3) is 5.56 Å². The minimum Gasteiger partial charge on any atom is -0.495 e. The molecule has 0 atom stereocenters. The highest BCUT2D eigenvalue weighted by Gasteiger charge is 2.11. The van der Waals surface area contributed by atoms with E-state index < -0.39 is 0 Å². The summed E-state index contributed by atoms with van der Waals surface area (Å²) in [5.41, 5.74) is 1.99. The van der Waals surface area contributed by atoms with E-state index in [4.69, 9.17) is 16.3 Å². The van der Waals surface area contributed by atoms with Crippen LogP contribution in [0.3, 0.4) is 0 Å².